The summed E-state index contributed by atoms with van der Waals surface area (Å²) in [5.74, 6) is -0.139. The van der Waals surface area contributed by atoms with Gasteiger partial charge in [0, 0.05) is 26.3 Å². The smallest absolute Gasteiger partial charge is 0.282 e. The summed E-state index contributed by atoms with van der Waals surface area (Å²) in [7, 11) is 0. The quantitative estimate of drug-likeness (QED) is 0.839. The Labute approximate surface area is 123 Å². The number of carbonyl (C=O) groups excluding carboxylic acids is 1. The molecule has 1 fully saturated rings. The fourth-order valence-electron chi connectivity index (χ4n) is 2.03. The van der Waals surface area contributed by atoms with Crippen LogP contribution in [0.3, 0.4) is 0 Å². The van der Waals surface area contributed by atoms with Crippen LogP contribution in [0.1, 0.15) is 42.9 Å². The number of ether oxygens (including phenoxy) is 1. The number of anilines is 1. The highest BCUT2D eigenvalue weighted by Crippen LogP contribution is 2.28. The van der Waals surface area contributed by atoms with Crippen molar-refractivity contribution in [2.45, 2.75) is 33.1 Å². The molecule has 7 heteroatoms. The van der Waals surface area contributed by atoms with Gasteiger partial charge in [-0.1, -0.05) is 25.2 Å². The van der Waals surface area contributed by atoms with Crippen LogP contribution < -0.4 is 10.6 Å². The van der Waals surface area contributed by atoms with Gasteiger partial charge in [0.05, 0.1) is 0 Å². The van der Waals surface area contributed by atoms with Crippen molar-refractivity contribution in [1.82, 2.24) is 15.5 Å². The first kappa shape index (κ1) is 15.2. The molecular weight excluding hydrogens is 276 g/mol. The van der Waals surface area contributed by atoms with Crippen LogP contribution in [0.2, 0.25) is 0 Å². The highest BCUT2D eigenvalue weighted by atomic mass is 32.1. The first-order valence-corrected chi connectivity index (χ1v) is 7.88. The largest absolute Gasteiger partial charge is 0.381 e. The maximum absolute atomic E-state index is 12.1. The summed E-state index contributed by atoms with van der Waals surface area (Å²) < 4.78 is 5.36. The van der Waals surface area contributed by atoms with Gasteiger partial charge < -0.3 is 15.4 Å². The van der Waals surface area contributed by atoms with Crippen molar-refractivity contribution in [3.8, 4) is 0 Å². The molecule has 20 heavy (non-hydrogen) atoms. The molecule has 0 spiro atoms. The van der Waals surface area contributed by atoms with E-state index >= 15 is 0 Å². The number of aromatic nitrogens is 2. The van der Waals surface area contributed by atoms with E-state index in [0.717, 1.165) is 39.0 Å². The van der Waals surface area contributed by atoms with E-state index < -0.39 is 0 Å². The summed E-state index contributed by atoms with van der Waals surface area (Å²) in [6, 6.07) is 0. The van der Waals surface area contributed by atoms with E-state index in [4.69, 9.17) is 4.74 Å². The van der Waals surface area contributed by atoms with Gasteiger partial charge in [-0.05, 0) is 24.7 Å². The minimum Gasteiger partial charge on any atom is -0.381 e. The summed E-state index contributed by atoms with van der Waals surface area (Å²) in [5.41, 5.74) is 0.127. The molecule has 6 nitrogen and oxygen atoms in total. The van der Waals surface area contributed by atoms with Crippen LogP contribution in [0.4, 0.5) is 5.13 Å². The lowest BCUT2D eigenvalue weighted by molar-refractivity contribution is 0.0238. The molecule has 0 aromatic carbocycles. The SMILES string of the molecule is CCCNc1nnc(C(=O)NCC2(C)CCOCC2)s1. The summed E-state index contributed by atoms with van der Waals surface area (Å²) in [6.45, 7) is 7.31. The van der Waals surface area contributed by atoms with Crippen molar-refractivity contribution >= 4 is 22.4 Å². The van der Waals surface area contributed by atoms with Gasteiger partial charge in [-0.3, -0.25) is 4.79 Å². The van der Waals surface area contributed by atoms with Gasteiger partial charge in [0.15, 0.2) is 0 Å². The predicted molar refractivity (Wildman–Crippen MR) is 79.2 cm³/mol. The lowest BCUT2D eigenvalue weighted by Gasteiger charge is -2.33. The molecule has 0 radical (unpaired) electrons. The van der Waals surface area contributed by atoms with E-state index in [1.165, 1.54) is 11.3 Å². The number of amides is 1. The Morgan fingerprint density at radius 2 is 2.15 bits per heavy atom. The molecule has 1 aromatic rings. The van der Waals surface area contributed by atoms with Gasteiger partial charge in [0.25, 0.3) is 5.91 Å². The van der Waals surface area contributed by atoms with Crippen LogP contribution in [0, 0.1) is 5.41 Å². The molecule has 2 heterocycles. The fraction of sp³-hybridized carbons (Fsp3) is 0.769. The monoisotopic (exact) mass is 298 g/mol. The third kappa shape index (κ3) is 4.14. The normalized spacial score (nSPS) is 17.7. The second kappa shape index (κ2) is 6.99. The van der Waals surface area contributed by atoms with Crippen LogP contribution in [-0.4, -0.2) is 42.4 Å². The lowest BCUT2D eigenvalue weighted by Crippen LogP contribution is -2.39. The third-order valence-corrected chi connectivity index (χ3v) is 4.40. The number of rotatable bonds is 6. The Hall–Kier alpha value is -1.21. The Kier molecular flexibility index (Phi) is 5.31. The van der Waals surface area contributed by atoms with Gasteiger partial charge in [-0.25, -0.2) is 0 Å². The van der Waals surface area contributed by atoms with E-state index in [0.29, 0.717) is 16.7 Å². The van der Waals surface area contributed by atoms with Crippen molar-refractivity contribution in [3.63, 3.8) is 0 Å². The standard InChI is InChI=1S/C13H22N4O2S/c1-3-6-14-12-17-16-11(20-12)10(18)15-9-13(2)4-7-19-8-5-13/h3-9H2,1-2H3,(H,14,17)(H,15,18). The summed E-state index contributed by atoms with van der Waals surface area (Å²) in [4.78, 5) is 12.1. The van der Waals surface area contributed by atoms with Crippen LogP contribution >= 0.6 is 11.3 Å². The van der Waals surface area contributed by atoms with Gasteiger partial charge in [0.2, 0.25) is 10.1 Å². The lowest BCUT2D eigenvalue weighted by atomic mass is 9.82. The molecule has 1 aliphatic heterocycles. The molecule has 0 atom stereocenters. The van der Waals surface area contributed by atoms with E-state index in [9.17, 15) is 4.79 Å². The Morgan fingerprint density at radius 1 is 1.40 bits per heavy atom. The van der Waals surface area contributed by atoms with Crippen molar-refractivity contribution in [1.29, 1.82) is 0 Å². The number of hydrogen-bond donors (Lipinski definition) is 2. The molecule has 1 amide bonds. The molecule has 2 N–H and O–H groups in total. The molecule has 1 aromatic heterocycles. The molecule has 0 bridgehead atoms. The maximum Gasteiger partial charge on any atom is 0.282 e. The first-order valence-electron chi connectivity index (χ1n) is 7.06. The molecule has 2 rings (SSSR count). The zero-order chi connectivity index (χ0) is 14.4. The second-order valence-corrected chi connectivity index (χ2v) is 6.42. The first-order chi connectivity index (χ1) is 9.63. The van der Waals surface area contributed by atoms with Crippen molar-refractivity contribution in [2.24, 2.45) is 5.41 Å². The number of carbonyl (C=O) groups is 1. The number of hydrogen-bond acceptors (Lipinski definition) is 6. The molecule has 0 aliphatic carbocycles. The van der Waals surface area contributed by atoms with E-state index in [2.05, 4.69) is 34.7 Å². The van der Waals surface area contributed by atoms with Crippen molar-refractivity contribution < 1.29 is 9.53 Å². The summed E-state index contributed by atoms with van der Waals surface area (Å²) in [6.07, 6.45) is 2.97. The third-order valence-electron chi connectivity index (χ3n) is 3.52. The molecule has 112 valence electrons. The Bertz CT molecular complexity index is 443. The maximum atomic E-state index is 12.1. The number of nitrogens with zero attached hydrogens (tertiary/aromatic N) is 2. The summed E-state index contributed by atoms with van der Waals surface area (Å²) in [5, 5.41) is 15.1. The zero-order valence-electron chi connectivity index (χ0n) is 12.1. The van der Waals surface area contributed by atoms with Gasteiger partial charge in [0.1, 0.15) is 0 Å². The Balaban J connectivity index is 1.83. The average Bonchev–Trinajstić information content (AvgIpc) is 2.92. The second-order valence-electron chi connectivity index (χ2n) is 5.44. The van der Waals surface area contributed by atoms with Crippen molar-refractivity contribution in [2.75, 3.05) is 31.6 Å². The van der Waals surface area contributed by atoms with Crippen LogP contribution in [0.25, 0.3) is 0 Å². The van der Waals surface area contributed by atoms with E-state index in [-0.39, 0.29) is 11.3 Å². The molecular formula is C13H22N4O2S. The van der Waals surface area contributed by atoms with Crippen molar-refractivity contribution in [3.05, 3.63) is 5.01 Å². The van der Waals surface area contributed by atoms with E-state index in [1.807, 2.05) is 0 Å². The average molecular weight is 298 g/mol. The minimum absolute atomic E-state index is 0.127. The number of nitrogens with one attached hydrogen (secondary N) is 2. The molecule has 1 saturated heterocycles. The van der Waals surface area contributed by atoms with E-state index in [1.54, 1.807) is 0 Å². The van der Waals surface area contributed by atoms with Crippen LogP contribution in [0.5, 0.6) is 0 Å². The molecule has 0 unspecified atom stereocenters. The predicted octanol–water partition coefficient (Wildman–Crippen LogP) is 1.91. The van der Waals surface area contributed by atoms with Gasteiger partial charge in [-0.2, -0.15) is 0 Å². The minimum atomic E-state index is -0.139. The van der Waals surface area contributed by atoms with Gasteiger partial charge >= 0.3 is 0 Å². The Morgan fingerprint density at radius 3 is 2.85 bits per heavy atom. The van der Waals surface area contributed by atoms with Crippen LogP contribution in [-0.2, 0) is 4.74 Å². The van der Waals surface area contributed by atoms with Gasteiger partial charge in [-0.15, -0.1) is 10.2 Å². The zero-order valence-corrected chi connectivity index (χ0v) is 12.9. The fourth-order valence-corrected chi connectivity index (χ4v) is 2.71. The highest BCUT2D eigenvalue weighted by molar-refractivity contribution is 7.17. The topological polar surface area (TPSA) is 76.1 Å². The molecule has 1 aliphatic rings. The highest BCUT2D eigenvalue weighted by Gasteiger charge is 2.28. The van der Waals surface area contributed by atoms with Crippen LogP contribution in [0.15, 0.2) is 0 Å². The summed E-state index contributed by atoms with van der Waals surface area (Å²) >= 11 is 1.30. The molecule has 0 saturated carbocycles.